The predicted molar refractivity (Wildman–Crippen MR) is 44.6 cm³/mol. The van der Waals surface area contributed by atoms with Gasteiger partial charge in [-0.2, -0.15) is 0 Å². The highest BCUT2D eigenvalue weighted by atomic mass is 127. The molecule has 4 heteroatoms. The molecule has 0 atom stereocenters. The van der Waals surface area contributed by atoms with Crippen LogP contribution in [0.15, 0.2) is 16.7 Å². The second kappa shape index (κ2) is 2.92. The van der Waals surface area contributed by atoms with Crippen LogP contribution in [0.5, 0.6) is 0 Å². The van der Waals surface area contributed by atoms with Gasteiger partial charge in [-0.1, -0.05) is 0 Å². The third-order valence-electron chi connectivity index (χ3n) is 0.769. The standard InChI is InChI=1S/C5H2BrFIN/c6-5-3(7)1-2-4(8)9-5/h1-2H. The van der Waals surface area contributed by atoms with Crippen LogP contribution in [0.2, 0.25) is 0 Å². The van der Waals surface area contributed by atoms with Crippen LogP contribution in [-0.4, -0.2) is 4.98 Å². The van der Waals surface area contributed by atoms with E-state index in [0.29, 0.717) is 0 Å². The molecule has 0 amide bonds. The molecule has 0 aliphatic carbocycles. The second-order valence-electron chi connectivity index (χ2n) is 1.41. The van der Waals surface area contributed by atoms with Crippen LogP contribution in [0.25, 0.3) is 0 Å². The minimum atomic E-state index is -0.324. The van der Waals surface area contributed by atoms with E-state index < -0.39 is 0 Å². The zero-order chi connectivity index (χ0) is 6.85. The molecule has 0 saturated carbocycles. The van der Waals surface area contributed by atoms with E-state index in [-0.39, 0.29) is 10.4 Å². The molecule has 0 aliphatic rings. The molecular formula is C5H2BrFIN. The summed E-state index contributed by atoms with van der Waals surface area (Å²) >= 11 is 4.97. The fourth-order valence-electron chi connectivity index (χ4n) is 0.395. The summed E-state index contributed by atoms with van der Waals surface area (Å²) in [5, 5.41) is 0. The molecule has 1 nitrogen and oxygen atoms in total. The van der Waals surface area contributed by atoms with Crippen LogP contribution in [0, 0.1) is 9.52 Å². The van der Waals surface area contributed by atoms with E-state index in [1.165, 1.54) is 6.07 Å². The Hall–Kier alpha value is 0.290. The summed E-state index contributed by atoms with van der Waals surface area (Å²) in [7, 11) is 0. The van der Waals surface area contributed by atoms with Crippen LogP contribution in [-0.2, 0) is 0 Å². The van der Waals surface area contributed by atoms with E-state index in [0.717, 1.165) is 3.70 Å². The number of pyridine rings is 1. The number of halogens is 3. The lowest BCUT2D eigenvalue weighted by Gasteiger charge is -1.91. The van der Waals surface area contributed by atoms with Gasteiger partial charge in [0.1, 0.15) is 8.30 Å². The number of hydrogen-bond donors (Lipinski definition) is 0. The first kappa shape index (κ1) is 7.40. The van der Waals surface area contributed by atoms with Crippen LogP contribution in [0.4, 0.5) is 4.39 Å². The average molecular weight is 302 g/mol. The molecular weight excluding hydrogens is 300 g/mol. The number of hydrogen-bond acceptors (Lipinski definition) is 1. The van der Waals surface area contributed by atoms with Gasteiger partial charge in [-0.3, -0.25) is 0 Å². The van der Waals surface area contributed by atoms with Crippen molar-refractivity contribution in [3.05, 3.63) is 26.3 Å². The molecule has 1 aromatic heterocycles. The Bertz CT molecular complexity index is 228. The van der Waals surface area contributed by atoms with Crippen molar-refractivity contribution in [3.63, 3.8) is 0 Å². The molecule has 1 aromatic rings. The highest BCUT2D eigenvalue weighted by Gasteiger charge is 1.97. The van der Waals surface area contributed by atoms with Crippen LogP contribution >= 0.6 is 38.5 Å². The molecule has 0 N–H and O–H groups in total. The topological polar surface area (TPSA) is 12.9 Å². The van der Waals surface area contributed by atoms with E-state index in [4.69, 9.17) is 0 Å². The Kier molecular flexibility index (Phi) is 2.40. The van der Waals surface area contributed by atoms with Gasteiger partial charge >= 0.3 is 0 Å². The zero-order valence-corrected chi connectivity index (χ0v) is 7.98. The van der Waals surface area contributed by atoms with Crippen molar-refractivity contribution in [2.24, 2.45) is 0 Å². The van der Waals surface area contributed by atoms with E-state index in [2.05, 4.69) is 20.9 Å². The Morgan fingerprint density at radius 1 is 1.56 bits per heavy atom. The first-order chi connectivity index (χ1) is 4.20. The highest BCUT2D eigenvalue weighted by Crippen LogP contribution is 2.12. The fourth-order valence-corrected chi connectivity index (χ4v) is 1.47. The van der Waals surface area contributed by atoms with Crippen molar-refractivity contribution >= 4 is 38.5 Å². The quantitative estimate of drug-likeness (QED) is 0.530. The summed E-state index contributed by atoms with van der Waals surface area (Å²) in [6.45, 7) is 0. The Labute approximate surface area is 73.9 Å². The van der Waals surface area contributed by atoms with Crippen molar-refractivity contribution in [3.8, 4) is 0 Å². The number of aromatic nitrogens is 1. The molecule has 0 aliphatic heterocycles. The monoisotopic (exact) mass is 301 g/mol. The van der Waals surface area contributed by atoms with E-state index in [9.17, 15) is 4.39 Å². The van der Waals surface area contributed by atoms with Crippen LogP contribution in [0.1, 0.15) is 0 Å². The van der Waals surface area contributed by atoms with Gasteiger partial charge in [0.25, 0.3) is 0 Å². The third kappa shape index (κ3) is 1.86. The van der Waals surface area contributed by atoms with Crippen molar-refractivity contribution in [2.45, 2.75) is 0 Å². The Morgan fingerprint density at radius 2 is 2.22 bits per heavy atom. The lowest BCUT2D eigenvalue weighted by Crippen LogP contribution is -1.84. The zero-order valence-electron chi connectivity index (χ0n) is 4.24. The Morgan fingerprint density at radius 3 is 2.67 bits per heavy atom. The smallest absolute Gasteiger partial charge is 0.156 e. The van der Waals surface area contributed by atoms with Gasteiger partial charge in [0.15, 0.2) is 5.82 Å². The van der Waals surface area contributed by atoms with Gasteiger partial charge in [-0.25, -0.2) is 9.37 Å². The molecule has 0 radical (unpaired) electrons. The van der Waals surface area contributed by atoms with Gasteiger partial charge in [0.05, 0.1) is 0 Å². The predicted octanol–water partition coefficient (Wildman–Crippen LogP) is 2.59. The lowest BCUT2D eigenvalue weighted by atomic mass is 10.5. The summed E-state index contributed by atoms with van der Waals surface area (Å²) < 4.78 is 13.4. The minimum absolute atomic E-state index is 0.273. The first-order valence-electron chi connectivity index (χ1n) is 2.17. The first-order valence-corrected chi connectivity index (χ1v) is 4.05. The molecule has 0 bridgehead atoms. The lowest BCUT2D eigenvalue weighted by molar-refractivity contribution is 0.612. The van der Waals surface area contributed by atoms with E-state index >= 15 is 0 Å². The molecule has 0 fully saturated rings. The molecule has 0 spiro atoms. The summed E-state index contributed by atoms with van der Waals surface area (Å²) in [6.07, 6.45) is 0. The number of nitrogens with zero attached hydrogens (tertiary/aromatic N) is 1. The third-order valence-corrected chi connectivity index (χ3v) is 1.93. The van der Waals surface area contributed by atoms with E-state index in [1.807, 2.05) is 22.6 Å². The van der Waals surface area contributed by atoms with Gasteiger partial charge < -0.3 is 0 Å². The molecule has 0 saturated heterocycles. The largest absolute Gasteiger partial charge is 0.232 e. The van der Waals surface area contributed by atoms with Crippen molar-refractivity contribution in [1.82, 2.24) is 4.98 Å². The van der Waals surface area contributed by atoms with Gasteiger partial charge in [-0.15, -0.1) is 0 Å². The average Bonchev–Trinajstić information content (AvgIpc) is 1.80. The normalized spacial score (nSPS) is 9.67. The molecule has 1 heterocycles. The van der Waals surface area contributed by atoms with E-state index in [1.54, 1.807) is 6.07 Å². The van der Waals surface area contributed by atoms with Crippen LogP contribution in [0.3, 0.4) is 0 Å². The maximum absolute atomic E-state index is 12.4. The SMILES string of the molecule is Fc1ccc(I)nc1Br. The van der Waals surface area contributed by atoms with Crippen molar-refractivity contribution < 1.29 is 4.39 Å². The maximum atomic E-state index is 12.4. The summed E-state index contributed by atoms with van der Waals surface area (Å²) in [4.78, 5) is 3.80. The van der Waals surface area contributed by atoms with Gasteiger partial charge in [0, 0.05) is 0 Å². The summed E-state index contributed by atoms with van der Waals surface area (Å²) in [5.41, 5.74) is 0. The molecule has 0 unspecified atom stereocenters. The van der Waals surface area contributed by atoms with Gasteiger partial charge in [-0.05, 0) is 50.7 Å². The highest BCUT2D eigenvalue weighted by molar-refractivity contribution is 14.1. The molecule has 0 aromatic carbocycles. The Balaban J connectivity index is 3.17. The molecule has 48 valence electrons. The van der Waals surface area contributed by atoms with Crippen LogP contribution < -0.4 is 0 Å². The molecule has 1 rings (SSSR count). The second-order valence-corrected chi connectivity index (χ2v) is 3.26. The fraction of sp³-hybridized carbons (Fsp3) is 0. The minimum Gasteiger partial charge on any atom is -0.232 e. The maximum Gasteiger partial charge on any atom is 0.156 e. The number of rotatable bonds is 0. The summed E-state index contributed by atoms with van der Waals surface area (Å²) in [6, 6.07) is 2.99. The van der Waals surface area contributed by atoms with Crippen molar-refractivity contribution in [1.29, 1.82) is 0 Å². The van der Waals surface area contributed by atoms with Gasteiger partial charge in [0.2, 0.25) is 0 Å². The van der Waals surface area contributed by atoms with Crippen molar-refractivity contribution in [2.75, 3.05) is 0 Å². The summed E-state index contributed by atoms with van der Waals surface area (Å²) in [5.74, 6) is -0.324. The molecule has 9 heavy (non-hydrogen) atoms.